The summed E-state index contributed by atoms with van der Waals surface area (Å²) in [5.41, 5.74) is 7.65. The molecule has 0 radical (unpaired) electrons. The predicted octanol–water partition coefficient (Wildman–Crippen LogP) is 1.31. The standard InChI is InChI=1S/C13H18N2O/c1-2-8-13(14)11-6-4-3-5-10(11)7-9-15-12(13)16/h3-6H,2,7-9,14H2,1H3,(H,15,16). The fourth-order valence-electron chi connectivity index (χ4n) is 2.41. The Balaban J connectivity index is 2.51. The summed E-state index contributed by atoms with van der Waals surface area (Å²) < 4.78 is 0. The van der Waals surface area contributed by atoms with Crippen molar-refractivity contribution in [3.05, 3.63) is 35.4 Å². The van der Waals surface area contributed by atoms with Crippen LogP contribution in [0.1, 0.15) is 30.9 Å². The smallest absolute Gasteiger partial charge is 0.244 e. The van der Waals surface area contributed by atoms with Gasteiger partial charge in [-0.2, -0.15) is 0 Å². The lowest BCUT2D eigenvalue weighted by atomic mass is 9.83. The number of benzene rings is 1. The molecule has 0 saturated heterocycles. The normalized spacial score (nSPS) is 24.5. The molecule has 0 bridgehead atoms. The summed E-state index contributed by atoms with van der Waals surface area (Å²) in [6.45, 7) is 2.73. The average Bonchev–Trinajstić information content (AvgIpc) is 2.40. The number of amides is 1. The number of hydrogen-bond acceptors (Lipinski definition) is 2. The number of carbonyl (C=O) groups is 1. The maximum absolute atomic E-state index is 12.1. The number of carbonyl (C=O) groups excluding carboxylic acids is 1. The van der Waals surface area contributed by atoms with Crippen molar-refractivity contribution in [3.8, 4) is 0 Å². The zero-order chi connectivity index (χ0) is 11.6. The molecule has 0 spiro atoms. The Morgan fingerprint density at radius 3 is 2.94 bits per heavy atom. The summed E-state index contributed by atoms with van der Waals surface area (Å²) in [5, 5.41) is 2.90. The third-order valence-corrected chi connectivity index (χ3v) is 3.23. The molecule has 1 aliphatic heterocycles. The van der Waals surface area contributed by atoms with Crippen LogP contribution in [0.4, 0.5) is 0 Å². The molecule has 2 rings (SSSR count). The topological polar surface area (TPSA) is 55.1 Å². The maximum Gasteiger partial charge on any atom is 0.244 e. The van der Waals surface area contributed by atoms with Gasteiger partial charge < -0.3 is 11.1 Å². The summed E-state index contributed by atoms with van der Waals surface area (Å²) in [5.74, 6) is -0.0423. The van der Waals surface area contributed by atoms with Gasteiger partial charge in [0.15, 0.2) is 0 Å². The van der Waals surface area contributed by atoms with E-state index in [1.807, 2.05) is 18.2 Å². The first-order valence-corrected chi connectivity index (χ1v) is 5.84. The average molecular weight is 218 g/mol. The van der Waals surface area contributed by atoms with Gasteiger partial charge in [-0.05, 0) is 24.0 Å². The number of fused-ring (bicyclic) bond motifs is 1. The van der Waals surface area contributed by atoms with Crippen molar-refractivity contribution in [1.29, 1.82) is 0 Å². The number of nitrogens with one attached hydrogen (secondary N) is 1. The van der Waals surface area contributed by atoms with Crippen molar-refractivity contribution in [1.82, 2.24) is 5.32 Å². The lowest BCUT2D eigenvalue weighted by Gasteiger charge is -2.27. The summed E-state index contributed by atoms with van der Waals surface area (Å²) in [6.07, 6.45) is 2.46. The van der Waals surface area contributed by atoms with Crippen molar-refractivity contribution in [2.24, 2.45) is 5.73 Å². The van der Waals surface area contributed by atoms with E-state index in [0.717, 1.165) is 18.4 Å². The molecule has 16 heavy (non-hydrogen) atoms. The Labute approximate surface area is 96.0 Å². The molecule has 1 unspecified atom stereocenters. The fourth-order valence-corrected chi connectivity index (χ4v) is 2.41. The maximum atomic E-state index is 12.1. The molecule has 1 atom stereocenters. The van der Waals surface area contributed by atoms with Crippen molar-refractivity contribution in [2.75, 3.05) is 6.54 Å². The van der Waals surface area contributed by atoms with Gasteiger partial charge in [0.1, 0.15) is 5.54 Å². The molecule has 1 aromatic rings. The number of hydrogen-bond donors (Lipinski definition) is 2. The predicted molar refractivity (Wildman–Crippen MR) is 63.9 cm³/mol. The van der Waals surface area contributed by atoms with Gasteiger partial charge in [0.2, 0.25) is 5.91 Å². The number of nitrogens with two attached hydrogens (primary N) is 1. The second-order valence-electron chi connectivity index (χ2n) is 4.38. The van der Waals surface area contributed by atoms with E-state index in [4.69, 9.17) is 5.73 Å². The molecule has 86 valence electrons. The van der Waals surface area contributed by atoms with E-state index in [9.17, 15) is 4.79 Å². The summed E-state index contributed by atoms with van der Waals surface area (Å²) >= 11 is 0. The SMILES string of the molecule is CCCC1(N)C(=O)NCCc2ccccc21. The molecule has 0 aliphatic carbocycles. The molecule has 3 N–H and O–H groups in total. The number of rotatable bonds is 2. The van der Waals surface area contributed by atoms with Gasteiger partial charge in [0.25, 0.3) is 0 Å². The van der Waals surface area contributed by atoms with Gasteiger partial charge in [-0.1, -0.05) is 37.6 Å². The molecule has 1 amide bonds. The summed E-state index contributed by atoms with van der Waals surface area (Å²) in [7, 11) is 0. The van der Waals surface area contributed by atoms with Crippen molar-refractivity contribution in [2.45, 2.75) is 31.7 Å². The Morgan fingerprint density at radius 2 is 2.19 bits per heavy atom. The highest BCUT2D eigenvalue weighted by molar-refractivity contribution is 5.88. The van der Waals surface area contributed by atoms with Gasteiger partial charge in [-0.15, -0.1) is 0 Å². The van der Waals surface area contributed by atoms with E-state index in [-0.39, 0.29) is 5.91 Å². The van der Waals surface area contributed by atoms with Gasteiger partial charge in [-0.3, -0.25) is 4.79 Å². The summed E-state index contributed by atoms with van der Waals surface area (Å²) in [4.78, 5) is 12.1. The van der Waals surface area contributed by atoms with Crippen molar-refractivity contribution >= 4 is 5.91 Å². The minimum absolute atomic E-state index is 0.0423. The van der Waals surface area contributed by atoms with E-state index < -0.39 is 5.54 Å². The van der Waals surface area contributed by atoms with E-state index in [1.165, 1.54) is 5.56 Å². The molecular weight excluding hydrogens is 200 g/mol. The van der Waals surface area contributed by atoms with Crippen LogP contribution in [0.2, 0.25) is 0 Å². The minimum Gasteiger partial charge on any atom is -0.354 e. The Morgan fingerprint density at radius 1 is 1.44 bits per heavy atom. The molecule has 1 heterocycles. The van der Waals surface area contributed by atoms with Crippen LogP contribution in [0.5, 0.6) is 0 Å². The van der Waals surface area contributed by atoms with Gasteiger partial charge in [0, 0.05) is 6.54 Å². The van der Waals surface area contributed by atoms with Crippen LogP contribution in [0, 0.1) is 0 Å². The van der Waals surface area contributed by atoms with Crippen molar-refractivity contribution < 1.29 is 4.79 Å². The van der Waals surface area contributed by atoms with E-state index >= 15 is 0 Å². The lowest BCUT2D eigenvalue weighted by Crippen LogP contribution is -2.50. The Hall–Kier alpha value is -1.35. The molecule has 0 fully saturated rings. The van der Waals surface area contributed by atoms with E-state index in [2.05, 4.69) is 18.3 Å². The van der Waals surface area contributed by atoms with Crippen molar-refractivity contribution in [3.63, 3.8) is 0 Å². The highest BCUT2D eigenvalue weighted by atomic mass is 16.2. The van der Waals surface area contributed by atoms with Gasteiger partial charge in [0.05, 0.1) is 0 Å². The molecule has 1 aliphatic rings. The first kappa shape index (κ1) is 11.1. The molecular formula is C13H18N2O. The van der Waals surface area contributed by atoms with E-state index in [0.29, 0.717) is 13.0 Å². The first-order chi connectivity index (χ1) is 7.68. The van der Waals surface area contributed by atoms with Crippen LogP contribution >= 0.6 is 0 Å². The molecule has 0 saturated carbocycles. The lowest BCUT2D eigenvalue weighted by molar-refractivity contribution is -0.126. The first-order valence-electron chi connectivity index (χ1n) is 5.84. The zero-order valence-electron chi connectivity index (χ0n) is 9.62. The third-order valence-electron chi connectivity index (χ3n) is 3.23. The highest BCUT2D eigenvalue weighted by Gasteiger charge is 2.37. The minimum atomic E-state index is -0.845. The fraction of sp³-hybridized carbons (Fsp3) is 0.462. The van der Waals surface area contributed by atoms with Gasteiger partial charge in [-0.25, -0.2) is 0 Å². The Bertz CT molecular complexity index is 403. The van der Waals surface area contributed by atoms with Crippen LogP contribution in [0.3, 0.4) is 0 Å². The van der Waals surface area contributed by atoms with E-state index in [1.54, 1.807) is 0 Å². The second-order valence-corrected chi connectivity index (χ2v) is 4.38. The zero-order valence-corrected chi connectivity index (χ0v) is 9.62. The summed E-state index contributed by atoms with van der Waals surface area (Å²) in [6, 6.07) is 8.00. The highest BCUT2D eigenvalue weighted by Crippen LogP contribution is 2.29. The monoisotopic (exact) mass is 218 g/mol. The molecule has 0 aromatic heterocycles. The molecule has 3 nitrogen and oxygen atoms in total. The van der Waals surface area contributed by atoms with Crippen LogP contribution in [-0.2, 0) is 16.8 Å². The quantitative estimate of drug-likeness (QED) is 0.786. The van der Waals surface area contributed by atoms with Crippen LogP contribution in [0.15, 0.2) is 24.3 Å². The second kappa shape index (κ2) is 4.26. The van der Waals surface area contributed by atoms with Gasteiger partial charge >= 0.3 is 0 Å². The molecule has 3 heteroatoms. The largest absolute Gasteiger partial charge is 0.354 e. The molecule has 1 aromatic carbocycles. The van der Waals surface area contributed by atoms with Crippen LogP contribution in [-0.4, -0.2) is 12.5 Å². The third kappa shape index (κ3) is 1.71. The van der Waals surface area contributed by atoms with Crippen LogP contribution in [0.25, 0.3) is 0 Å². The van der Waals surface area contributed by atoms with Crippen LogP contribution < -0.4 is 11.1 Å². The Kier molecular flexibility index (Phi) is 2.97.